The van der Waals surface area contributed by atoms with Crippen molar-refractivity contribution < 1.29 is 14.3 Å². The van der Waals surface area contributed by atoms with Crippen LogP contribution in [0.5, 0.6) is 0 Å². The lowest BCUT2D eigenvalue weighted by atomic mass is 10.2. The van der Waals surface area contributed by atoms with Crippen LogP contribution < -0.4 is 5.32 Å². The average molecular weight is 358 g/mol. The van der Waals surface area contributed by atoms with Gasteiger partial charge in [-0.15, -0.1) is 11.3 Å². The quantitative estimate of drug-likeness (QED) is 0.825. The summed E-state index contributed by atoms with van der Waals surface area (Å²) in [7, 11) is 0. The van der Waals surface area contributed by atoms with Crippen molar-refractivity contribution in [2.75, 3.05) is 0 Å². The van der Waals surface area contributed by atoms with E-state index in [1.165, 1.54) is 36.5 Å². The predicted molar refractivity (Wildman–Crippen MR) is 87.5 cm³/mol. The Kier molecular flexibility index (Phi) is 5.83. The van der Waals surface area contributed by atoms with E-state index in [2.05, 4.69) is 5.32 Å². The van der Waals surface area contributed by atoms with Crippen molar-refractivity contribution in [1.29, 1.82) is 0 Å². The normalized spacial score (nSPS) is 11.8. The minimum Gasteiger partial charge on any atom is -0.449 e. The summed E-state index contributed by atoms with van der Waals surface area (Å²) in [6.45, 7) is 1.91. The molecule has 1 atom stereocenters. The van der Waals surface area contributed by atoms with E-state index in [4.69, 9.17) is 27.9 Å². The molecule has 2 aromatic rings. The molecule has 0 fully saturated rings. The van der Waals surface area contributed by atoms with Crippen LogP contribution in [-0.2, 0) is 16.1 Å². The average Bonchev–Trinajstić information content (AvgIpc) is 2.96. The molecule has 0 aliphatic carbocycles. The molecule has 22 heavy (non-hydrogen) atoms. The fourth-order valence-corrected chi connectivity index (χ4v) is 2.86. The van der Waals surface area contributed by atoms with Gasteiger partial charge in [0.1, 0.15) is 0 Å². The topological polar surface area (TPSA) is 55.4 Å². The second kappa shape index (κ2) is 7.63. The standard InChI is InChI=1S/C15H13Cl2NO3S/c1-9(14(19)18-8-13-3-2-4-22-13)21-15(20)10-5-11(16)7-12(17)6-10/h2-7,9H,8H2,1H3,(H,18,19). The Bertz CT molecular complexity index is 653. The zero-order chi connectivity index (χ0) is 16.1. The van der Waals surface area contributed by atoms with E-state index in [1.807, 2.05) is 17.5 Å². The van der Waals surface area contributed by atoms with Crippen molar-refractivity contribution in [2.24, 2.45) is 0 Å². The fraction of sp³-hybridized carbons (Fsp3) is 0.200. The highest BCUT2D eigenvalue weighted by Crippen LogP contribution is 2.20. The summed E-state index contributed by atoms with van der Waals surface area (Å²) in [6.07, 6.45) is -0.912. The summed E-state index contributed by atoms with van der Waals surface area (Å²) in [5.74, 6) is -1.02. The molecule has 0 aliphatic heterocycles. The van der Waals surface area contributed by atoms with E-state index < -0.39 is 12.1 Å². The Labute approximate surface area is 142 Å². The first-order valence-electron chi connectivity index (χ1n) is 6.43. The molecule has 0 bridgehead atoms. The largest absolute Gasteiger partial charge is 0.449 e. The van der Waals surface area contributed by atoms with Crippen LogP contribution in [0.25, 0.3) is 0 Å². The van der Waals surface area contributed by atoms with Crippen molar-refractivity contribution in [3.63, 3.8) is 0 Å². The molecule has 1 N–H and O–H groups in total. The maximum atomic E-state index is 12.0. The van der Waals surface area contributed by atoms with Gasteiger partial charge in [-0.3, -0.25) is 4.79 Å². The van der Waals surface area contributed by atoms with E-state index in [1.54, 1.807) is 0 Å². The first-order valence-corrected chi connectivity index (χ1v) is 8.06. The molecular formula is C15H13Cl2NO3S. The predicted octanol–water partition coefficient (Wildman–Crippen LogP) is 3.92. The zero-order valence-electron chi connectivity index (χ0n) is 11.6. The first-order chi connectivity index (χ1) is 10.5. The third-order valence-electron chi connectivity index (χ3n) is 2.77. The Morgan fingerprint density at radius 3 is 2.55 bits per heavy atom. The molecule has 116 valence electrons. The van der Waals surface area contributed by atoms with Gasteiger partial charge >= 0.3 is 5.97 Å². The zero-order valence-corrected chi connectivity index (χ0v) is 14.0. The number of thiophene rings is 1. The molecule has 1 unspecified atom stereocenters. The van der Waals surface area contributed by atoms with Crippen LogP contribution in [0, 0.1) is 0 Å². The minimum atomic E-state index is -0.912. The molecule has 1 aromatic carbocycles. The molecule has 1 amide bonds. The molecule has 1 aromatic heterocycles. The van der Waals surface area contributed by atoms with Crippen LogP contribution in [-0.4, -0.2) is 18.0 Å². The molecule has 0 spiro atoms. The maximum absolute atomic E-state index is 12.0. The second-order valence-corrected chi connectivity index (χ2v) is 6.41. The molecule has 7 heteroatoms. The van der Waals surface area contributed by atoms with E-state index in [0.717, 1.165) is 4.88 Å². The Morgan fingerprint density at radius 1 is 1.27 bits per heavy atom. The van der Waals surface area contributed by atoms with E-state index in [-0.39, 0.29) is 11.5 Å². The number of ether oxygens (including phenoxy) is 1. The summed E-state index contributed by atoms with van der Waals surface area (Å²) < 4.78 is 5.11. The monoisotopic (exact) mass is 357 g/mol. The third kappa shape index (κ3) is 4.73. The molecule has 2 rings (SSSR count). The van der Waals surface area contributed by atoms with Crippen molar-refractivity contribution in [3.05, 3.63) is 56.2 Å². The Morgan fingerprint density at radius 2 is 1.95 bits per heavy atom. The third-order valence-corrected chi connectivity index (χ3v) is 4.08. The Hall–Kier alpha value is -1.56. The number of carbonyl (C=O) groups excluding carboxylic acids is 2. The molecule has 1 heterocycles. The van der Waals surface area contributed by atoms with Gasteiger partial charge in [0, 0.05) is 14.9 Å². The van der Waals surface area contributed by atoms with Crippen LogP contribution in [0.15, 0.2) is 35.7 Å². The molecule has 0 aliphatic rings. The number of nitrogens with one attached hydrogen (secondary N) is 1. The van der Waals surface area contributed by atoms with Gasteiger partial charge in [-0.05, 0) is 36.6 Å². The van der Waals surface area contributed by atoms with Gasteiger partial charge in [-0.1, -0.05) is 29.3 Å². The lowest BCUT2D eigenvalue weighted by Crippen LogP contribution is -2.35. The Balaban J connectivity index is 1.91. The van der Waals surface area contributed by atoms with Gasteiger partial charge in [0.05, 0.1) is 12.1 Å². The first kappa shape index (κ1) is 16.8. The van der Waals surface area contributed by atoms with Crippen LogP contribution in [0.3, 0.4) is 0 Å². The highest BCUT2D eigenvalue weighted by Gasteiger charge is 2.19. The van der Waals surface area contributed by atoms with Crippen molar-refractivity contribution in [2.45, 2.75) is 19.6 Å². The van der Waals surface area contributed by atoms with E-state index in [9.17, 15) is 9.59 Å². The van der Waals surface area contributed by atoms with Gasteiger partial charge in [0.25, 0.3) is 5.91 Å². The SMILES string of the molecule is CC(OC(=O)c1cc(Cl)cc(Cl)c1)C(=O)NCc1cccs1. The molecule has 4 nitrogen and oxygen atoms in total. The van der Waals surface area contributed by atoms with Crippen LogP contribution in [0.1, 0.15) is 22.2 Å². The highest BCUT2D eigenvalue weighted by atomic mass is 35.5. The van der Waals surface area contributed by atoms with Crippen molar-refractivity contribution >= 4 is 46.4 Å². The summed E-state index contributed by atoms with van der Waals surface area (Å²) in [4.78, 5) is 24.9. The van der Waals surface area contributed by atoms with Crippen LogP contribution >= 0.6 is 34.5 Å². The van der Waals surface area contributed by atoms with Gasteiger partial charge in [0.15, 0.2) is 6.10 Å². The van der Waals surface area contributed by atoms with E-state index >= 15 is 0 Å². The molecular weight excluding hydrogens is 345 g/mol. The summed E-state index contributed by atoms with van der Waals surface area (Å²) in [6, 6.07) is 8.20. The van der Waals surface area contributed by atoms with Crippen molar-refractivity contribution in [1.82, 2.24) is 5.32 Å². The molecule has 0 saturated carbocycles. The molecule has 0 radical (unpaired) electrons. The number of hydrogen-bond donors (Lipinski definition) is 1. The van der Waals surface area contributed by atoms with E-state index in [0.29, 0.717) is 16.6 Å². The molecule has 0 saturated heterocycles. The minimum absolute atomic E-state index is 0.204. The number of halogens is 2. The second-order valence-electron chi connectivity index (χ2n) is 4.50. The van der Waals surface area contributed by atoms with Crippen LogP contribution in [0.4, 0.5) is 0 Å². The van der Waals surface area contributed by atoms with Crippen molar-refractivity contribution in [3.8, 4) is 0 Å². The number of rotatable bonds is 5. The lowest BCUT2D eigenvalue weighted by Gasteiger charge is -2.13. The highest BCUT2D eigenvalue weighted by molar-refractivity contribution is 7.09. The number of esters is 1. The van der Waals surface area contributed by atoms with Gasteiger partial charge in [-0.2, -0.15) is 0 Å². The number of amides is 1. The summed E-state index contributed by atoms with van der Waals surface area (Å²) >= 11 is 13.2. The van der Waals surface area contributed by atoms with Crippen LogP contribution in [0.2, 0.25) is 10.0 Å². The smallest absolute Gasteiger partial charge is 0.339 e. The number of benzene rings is 1. The maximum Gasteiger partial charge on any atom is 0.339 e. The number of carbonyl (C=O) groups is 2. The summed E-state index contributed by atoms with van der Waals surface area (Å²) in [5, 5.41) is 5.29. The summed E-state index contributed by atoms with van der Waals surface area (Å²) in [5.41, 5.74) is 0.204. The lowest BCUT2D eigenvalue weighted by molar-refractivity contribution is -0.129. The fourth-order valence-electron chi connectivity index (χ4n) is 1.68. The van der Waals surface area contributed by atoms with Gasteiger partial charge < -0.3 is 10.1 Å². The van der Waals surface area contributed by atoms with Gasteiger partial charge in [-0.25, -0.2) is 4.79 Å². The van der Waals surface area contributed by atoms with Gasteiger partial charge in [0.2, 0.25) is 0 Å². The number of hydrogen-bond acceptors (Lipinski definition) is 4.